The molecule has 3 heteroatoms. The SMILES string of the molecule is CCCc1ccc(C(C)(O)C(C)C(=O)OC(C)(C)C)cc1. The Balaban J connectivity index is 2.90. The summed E-state index contributed by atoms with van der Waals surface area (Å²) in [5.41, 5.74) is 0.183. The maximum Gasteiger partial charge on any atom is 0.312 e. The van der Waals surface area contributed by atoms with E-state index < -0.39 is 17.1 Å². The van der Waals surface area contributed by atoms with E-state index in [9.17, 15) is 9.90 Å². The number of benzene rings is 1. The molecule has 118 valence electrons. The van der Waals surface area contributed by atoms with Crippen LogP contribution in [0.2, 0.25) is 0 Å². The molecule has 0 aliphatic heterocycles. The van der Waals surface area contributed by atoms with Crippen LogP contribution in [-0.2, 0) is 21.6 Å². The van der Waals surface area contributed by atoms with E-state index in [1.165, 1.54) is 5.56 Å². The molecule has 0 fully saturated rings. The summed E-state index contributed by atoms with van der Waals surface area (Å²) < 4.78 is 5.37. The molecular weight excluding hydrogens is 264 g/mol. The van der Waals surface area contributed by atoms with Crippen LogP contribution in [0, 0.1) is 5.92 Å². The highest BCUT2D eigenvalue weighted by Gasteiger charge is 2.37. The number of hydrogen-bond donors (Lipinski definition) is 1. The fraction of sp³-hybridized carbons (Fsp3) is 0.611. The molecule has 1 aromatic rings. The Hall–Kier alpha value is -1.35. The van der Waals surface area contributed by atoms with E-state index in [0.717, 1.165) is 18.4 Å². The molecule has 0 aromatic heterocycles. The van der Waals surface area contributed by atoms with Crippen LogP contribution in [0.15, 0.2) is 24.3 Å². The summed E-state index contributed by atoms with van der Waals surface area (Å²) >= 11 is 0. The zero-order chi connectivity index (χ0) is 16.3. The lowest BCUT2D eigenvalue weighted by molar-refractivity contribution is -0.168. The van der Waals surface area contributed by atoms with Gasteiger partial charge in [0.15, 0.2) is 0 Å². The number of carbonyl (C=O) groups is 1. The molecule has 0 bridgehead atoms. The van der Waals surface area contributed by atoms with Crippen molar-refractivity contribution in [3.8, 4) is 0 Å². The lowest BCUT2D eigenvalue weighted by Crippen LogP contribution is -2.39. The molecule has 0 heterocycles. The molecular formula is C18H28O3. The Morgan fingerprint density at radius 2 is 1.71 bits per heavy atom. The molecule has 3 nitrogen and oxygen atoms in total. The quantitative estimate of drug-likeness (QED) is 0.839. The first-order valence-corrected chi connectivity index (χ1v) is 7.62. The Labute approximate surface area is 128 Å². The first-order chi connectivity index (χ1) is 9.58. The predicted molar refractivity (Wildman–Crippen MR) is 85.0 cm³/mol. The fourth-order valence-corrected chi connectivity index (χ4v) is 2.17. The average molecular weight is 292 g/mol. The Morgan fingerprint density at radius 3 is 2.14 bits per heavy atom. The Bertz CT molecular complexity index is 466. The van der Waals surface area contributed by atoms with Crippen molar-refractivity contribution in [1.29, 1.82) is 0 Å². The van der Waals surface area contributed by atoms with Gasteiger partial charge in [-0.1, -0.05) is 37.6 Å². The minimum absolute atomic E-state index is 0.384. The summed E-state index contributed by atoms with van der Waals surface area (Å²) in [7, 11) is 0. The van der Waals surface area contributed by atoms with E-state index in [2.05, 4.69) is 6.92 Å². The number of aryl methyl sites for hydroxylation is 1. The molecule has 21 heavy (non-hydrogen) atoms. The highest BCUT2D eigenvalue weighted by molar-refractivity contribution is 5.74. The van der Waals surface area contributed by atoms with Gasteiger partial charge >= 0.3 is 5.97 Å². The zero-order valence-corrected chi connectivity index (χ0v) is 14.1. The van der Waals surface area contributed by atoms with Gasteiger partial charge in [0.05, 0.1) is 11.5 Å². The molecule has 1 aromatic carbocycles. The molecule has 0 radical (unpaired) electrons. The highest BCUT2D eigenvalue weighted by Crippen LogP contribution is 2.31. The van der Waals surface area contributed by atoms with Gasteiger partial charge in [-0.05, 0) is 52.2 Å². The maximum absolute atomic E-state index is 12.2. The van der Waals surface area contributed by atoms with Gasteiger partial charge < -0.3 is 9.84 Å². The second-order valence-electron chi connectivity index (χ2n) is 6.85. The van der Waals surface area contributed by atoms with Crippen molar-refractivity contribution in [3.63, 3.8) is 0 Å². The molecule has 2 unspecified atom stereocenters. The van der Waals surface area contributed by atoms with Crippen LogP contribution in [0.5, 0.6) is 0 Å². The van der Waals surface area contributed by atoms with E-state index in [1.807, 2.05) is 45.0 Å². The summed E-state index contributed by atoms with van der Waals surface area (Å²) in [5, 5.41) is 10.7. The molecule has 0 aliphatic rings. The van der Waals surface area contributed by atoms with Crippen LogP contribution in [0.25, 0.3) is 0 Å². The van der Waals surface area contributed by atoms with Crippen molar-refractivity contribution >= 4 is 5.97 Å². The van der Waals surface area contributed by atoms with Crippen molar-refractivity contribution in [2.75, 3.05) is 0 Å². The number of carbonyl (C=O) groups excluding carboxylic acids is 1. The fourth-order valence-electron chi connectivity index (χ4n) is 2.17. The van der Waals surface area contributed by atoms with Gasteiger partial charge in [-0.3, -0.25) is 4.79 Å². The summed E-state index contributed by atoms with van der Waals surface area (Å²) in [6, 6.07) is 7.81. The van der Waals surface area contributed by atoms with Gasteiger partial charge in [-0.15, -0.1) is 0 Å². The molecule has 0 aliphatic carbocycles. The molecule has 0 spiro atoms. The van der Waals surface area contributed by atoms with E-state index in [4.69, 9.17) is 4.74 Å². The van der Waals surface area contributed by atoms with Crippen LogP contribution in [0.3, 0.4) is 0 Å². The number of ether oxygens (including phenoxy) is 1. The van der Waals surface area contributed by atoms with Crippen LogP contribution < -0.4 is 0 Å². The monoisotopic (exact) mass is 292 g/mol. The van der Waals surface area contributed by atoms with Crippen molar-refractivity contribution in [3.05, 3.63) is 35.4 Å². The van der Waals surface area contributed by atoms with E-state index in [1.54, 1.807) is 13.8 Å². The molecule has 0 saturated heterocycles. The summed E-state index contributed by atoms with van der Waals surface area (Å²) in [6.07, 6.45) is 2.11. The second-order valence-corrected chi connectivity index (χ2v) is 6.85. The average Bonchev–Trinajstić information content (AvgIpc) is 2.37. The summed E-state index contributed by atoms with van der Waals surface area (Å²) in [4.78, 5) is 12.2. The molecule has 2 atom stereocenters. The Kier molecular flexibility index (Phi) is 5.57. The van der Waals surface area contributed by atoms with Gasteiger partial charge in [0, 0.05) is 0 Å². The highest BCUT2D eigenvalue weighted by atomic mass is 16.6. The normalized spacial score (nSPS) is 16.1. The van der Waals surface area contributed by atoms with E-state index in [0.29, 0.717) is 0 Å². The van der Waals surface area contributed by atoms with Crippen molar-refractivity contribution < 1.29 is 14.6 Å². The van der Waals surface area contributed by atoms with E-state index >= 15 is 0 Å². The summed E-state index contributed by atoms with van der Waals surface area (Å²) in [5.74, 6) is -1.01. The standard InChI is InChI=1S/C18H28O3/c1-7-8-14-9-11-15(12-10-14)18(6,20)13(2)16(19)21-17(3,4)5/h9-13,20H,7-8H2,1-6H3. The number of esters is 1. The van der Waals surface area contributed by atoms with Crippen molar-refractivity contribution in [1.82, 2.24) is 0 Å². The topological polar surface area (TPSA) is 46.5 Å². The molecule has 0 amide bonds. The van der Waals surface area contributed by atoms with Gasteiger partial charge in [-0.2, -0.15) is 0 Å². The number of aliphatic hydroxyl groups is 1. The molecule has 1 N–H and O–H groups in total. The molecule has 1 rings (SSSR count). The largest absolute Gasteiger partial charge is 0.460 e. The van der Waals surface area contributed by atoms with Crippen molar-refractivity contribution in [2.24, 2.45) is 5.92 Å². The van der Waals surface area contributed by atoms with E-state index in [-0.39, 0.29) is 5.97 Å². The third-order valence-electron chi connectivity index (χ3n) is 3.68. The smallest absolute Gasteiger partial charge is 0.312 e. The van der Waals surface area contributed by atoms with Gasteiger partial charge in [-0.25, -0.2) is 0 Å². The lowest BCUT2D eigenvalue weighted by atomic mass is 9.83. The van der Waals surface area contributed by atoms with Gasteiger partial charge in [0.25, 0.3) is 0 Å². The minimum Gasteiger partial charge on any atom is -0.460 e. The third-order valence-corrected chi connectivity index (χ3v) is 3.68. The van der Waals surface area contributed by atoms with Crippen molar-refractivity contribution in [2.45, 2.75) is 65.6 Å². The van der Waals surface area contributed by atoms with Gasteiger partial charge in [0.2, 0.25) is 0 Å². The van der Waals surface area contributed by atoms with Crippen LogP contribution in [0.1, 0.15) is 59.1 Å². The first kappa shape index (κ1) is 17.7. The minimum atomic E-state index is -1.24. The number of rotatable bonds is 5. The maximum atomic E-state index is 12.2. The molecule has 0 saturated carbocycles. The number of hydrogen-bond acceptors (Lipinski definition) is 3. The van der Waals surface area contributed by atoms with Crippen LogP contribution >= 0.6 is 0 Å². The Morgan fingerprint density at radius 1 is 1.19 bits per heavy atom. The second kappa shape index (κ2) is 6.61. The summed E-state index contributed by atoms with van der Waals surface area (Å²) in [6.45, 7) is 11.0. The predicted octanol–water partition coefficient (Wildman–Crippen LogP) is 3.82. The van der Waals surface area contributed by atoms with Gasteiger partial charge in [0.1, 0.15) is 5.60 Å². The van der Waals surface area contributed by atoms with Crippen LogP contribution in [-0.4, -0.2) is 16.7 Å². The lowest BCUT2D eigenvalue weighted by Gasteiger charge is -2.32. The zero-order valence-electron chi connectivity index (χ0n) is 14.1. The first-order valence-electron chi connectivity index (χ1n) is 7.62. The van der Waals surface area contributed by atoms with Crippen LogP contribution in [0.4, 0.5) is 0 Å². The third kappa shape index (κ3) is 4.85.